The fourth-order valence-corrected chi connectivity index (χ4v) is 5.26. The van der Waals surface area contributed by atoms with Gasteiger partial charge >= 0.3 is 0 Å². The van der Waals surface area contributed by atoms with E-state index < -0.39 is 36.9 Å². The van der Waals surface area contributed by atoms with Gasteiger partial charge in [0.15, 0.2) is 23.8 Å². The maximum Gasteiger partial charge on any atom is 0.263 e. The second kappa shape index (κ2) is 13.4. The molecule has 19 heteroatoms. The molecule has 0 radical (unpaired) electrons. The number of nitrogens with two attached hydrogens (primary N) is 2. The Kier molecular flexibility index (Phi) is 10.6. The Morgan fingerprint density at radius 3 is 2.17 bits per heavy atom. The van der Waals surface area contributed by atoms with E-state index in [-0.39, 0.29) is 57.6 Å². The van der Waals surface area contributed by atoms with Gasteiger partial charge in [-0.15, -0.1) is 0 Å². The van der Waals surface area contributed by atoms with Gasteiger partial charge in [-0.2, -0.15) is 25.1 Å². The number of aromatic amines is 1. The van der Waals surface area contributed by atoms with E-state index >= 15 is 0 Å². The summed E-state index contributed by atoms with van der Waals surface area (Å²) < 4.78 is 19.8. The maximum atomic E-state index is 11.7. The quantitative estimate of drug-likeness (QED) is 0.126. The normalized spacial score (nSPS) is 25.1. The second-order valence-electron chi connectivity index (χ2n) is 9.03. The lowest BCUT2D eigenvalue weighted by molar-refractivity contribution is -0.0471. The van der Waals surface area contributed by atoms with Crippen LogP contribution in [0.3, 0.4) is 0 Å². The van der Waals surface area contributed by atoms with Crippen LogP contribution in [0, 0.1) is 3.70 Å². The van der Waals surface area contributed by atoms with Crippen LogP contribution in [0.15, 0.2) is 11.0 Å². The van der Waals surface area contributed by atoms with Gasteiger partial charge in [0.1, 0.15) is 26.7 Å². The third kappa shape index (κ3) is 6.11. The number of nitrogen functional groups attached to an aromatic ring is 2. The predicted octanol–water partition coefficient (Wildman–Crippen LogP) is -0.723. The highest BCUT2D eigenvalue weighted by molar-refractivity contribution is 14.1. The molecule has 232 valence electrons. The zero-order chi connectivity index (χ0) is 28.7. The molecule has 2 aliphatic heterocycles. The molecule has 6 rings (SSSR count). The van der Waals surface area contributed by atoms with Crippen molar-refractivity contribution in [3.8, 4) is 5.88 Å². The molecule has 2 fully saturated rings. The van der Waals surface area contributed by atoms with Gasteiger partial charge in [-0.05, 0) is 22.6 Å². The van der Waals surface area contributed by atoms with E-state index in [4.69, 9.17) is 35.9 Å². The SMILES string of the molecule is C.C.COc1nc(N)nc2c1c(I)nn2C1CC(O)C(CO)O1.Nc1nc2c(cnn2C2CC(O)C(CO)O2)c(=O)[nH]1. The van der Waals surface area contributed by atoms with Gasteiger partial charge in [0.05, 0.1) is 38.7 Å². The van der Waals surface area contributed by atoms with Gasteiger partial charge in [0, 0.05) is 12.8 Å². The predicted molar refractivity (Wildman–Crippen MR) is 158 cm³/mol. The van der Waals surface area contributed by atoms with Gasteiger partial charge in [-0.25, -0.2) is 9.36 Å². The number of hydrogen-bond donors (Lipinski definition) is 7. The molecule has 2 aliphatic rings. The van der Waals surface area contributed by atoms with E-state index in [1.54, 1.807) is 0 Å². The van der Waals surface area contributed by atoms with Crippen molar-refractivity contribution in [1.29, 1.82) is 0 Å². The second-order valence-corrected chi connectivity index (χ2v) is 10.1. The van der Waals surface area contributed by atoms with Crippen LogP contribution in [-0.4, -0.2) is 105 Å². The zero-order valence-electron chi connectivity index (χ0n) is 21.0. The van der Waals surface area contributed by atoms with E-state index in [0.717, 1.165) is 0 Å². The first kappa shape index (κ1) is 33.3. The minimum atomic E-state index is -0.784. The van der Waals surface area contributed by atoms with Crippen molar-refractivity contribution < 1.29 is 34.6 Å². The van der Waals surface area contributed by atoms with E-state index in [2.05, 4.69) is 30.1 Å². The number of halogens is 1. The number of ether oxygens (including phenoxy) is 3. The van der Waals surface area contributed by atoms with Crippen molar-refractivity contribution in [2.45, 2.75) is 64.6 Å². The van der Waals surface area contributed by atoms with Gasteiger partial charge < -0.3 is 46.1 Å². The first-order valence-corrected chi connectivity index (χ1v) is 13.1. The van der Waals surface area contributed by atoms with Crippen molar-refractivity contribution >= 4 is 56.6 Å². The first-order valence-electron chi connectivity index (χ1n) is 12.0. The summed E-state index contributed by atoms with van der Waals surface area (Å²) in [6.45, 7) is -0.540. The number of aliphatic hydroxyl groups is 4. The molecule has 9 N–H and O–H groups in total. The van der Waals surface area contributed by atoms with Gasteiger partial charge in [-0.3, -0.25) is 9.78 Å². The highest BCUT2D eigenvalue weighted by Gasteiger charge is 2.37. The van der Waals surface area contributed by atoms with Gasteiger partial charge in [0.2, 0.25) is 17.8 Å². The van der Waals surface area contributed by atoms with Crippen LogP contribution < -0.4 is 21.8 Å². The van der Waals surface area contributed by atoms with Crippen molar-refractivity contribution in [3.05, 3.63) is 20.3 Å². The van der Waals surface area contributed by atoms with Crippen molar-refractivity contribution in [2.75, 3.05) is 31.8 Å². The fourth-order valence-electron chi connectivity index (χ4n) is 4.55. The molecule has 0 amide bonds. The summed E-state index contributed by atoms with van der Waals surface area (Å²) in [6.07, 6.45) is -2.01. The molecule has 4 aromatic rings. The number of methoxy groups -OCH3 is 1. The monoisotopic (exact) mass is 706 g/mol. The smallest absolute Gasteiger partial charge is 0.263 e. The van der Waals surface area contributed by atoms with Crippen molar-refractivity contribution in [3.63, 3.8) is 0 Å². The molecule has 6 atom stereocenters. The topological polar surface area (TPSA) is 268 Å². The van der Waals surface area contributed by atoms with Crippen LogP contribution in [0.2, 0.25) is 0 Å². The number of hydrogen-bond acceptors (Lipinski definition) is 15. The number of nitrogens with one attached hydrogen (secondary N) is 1. The first-order chi connectivity index (χ1) is 19.1. The zero-order valence-corrected chi connectivity index (χ0v) is 23.1. The number of rotatable bonds is 5. The van der Waals surface area contributed by atoms with Crippen LogP contribution >= 0.6 is 22.6 Å². The minimum absolute atomic E-state index is 0. The third-order valence-corrected chi connectivity index (χ3v) is 7.24. The number of fused-ring (bicyclic) bond motifs is 2. The average Bonchev–Trinajstić information content (AvgIpc) is 3.68. The molecule has 18 nitrogen and oxygen atoms in total. The molecule has 6 unspecified atom stereocenters. The molecule has 6 heterocycles. The Hall–Kier alpha value is -3.21. The molecule has 42 heavy (non-hydrogen) atoms. The maximum absolute atomic E-state index is 11.7. The Bertz CT molecular complexity index is 1580. The lowest BCUT2D eigenvalue weighted by Gasteiger charge is -2.13. The Balaban J connectivity index is 0.000000221. The van der Waals surface area contributed by atoms with Crippen LogP contribution in [-0.2, 0) is 9.47 Å². The molecule has 2 saturated heterocycles. The Morgan fingerprint density at radius 1 is 1.02 bits per heavy atom. The number of aliphatic hydroxyl groups excluding tert-OH is 4. The largest absolute Gasteiger partial charge is 0.480 e. The van der Waals surface area contributed by atoms with E-state index in [1.165, 1.54) is 22.7 Å². The molecule has 0 saturated carbocycles. The van der Waals surface area contributed by atoms with Crippen LogP contribution in [0.1, 0.15) is 40.2 Å². The van der Waals surface area contributed by atoms with Crippen LogP contribution in [0.4, 0.5) is 11.9 Å². The number of nitrogens with zero attached hydrogens (tertiary/aromatic N) is 7. The highest BCUT2D eigenvalue weighted by atomic mass is 127. The summed E-state index contributed by atoms with van der Waals surface area (Å²) in [5.74, 6) is 0.385. The Morgan fingerprint density at radius 2 is 1.62 bits per heavy atom. The average molecular weight is 706 g/mol. The Labute approximate surface area is 252 Å². The van der Waals surface area contributed by atoms with Gasteiger partial charge in [0.25, 0.3) is 5.56 Å². The molecular formula is C23H35IN10O8. The third-order valence-electron chi connectivity index (χ3n) is 6.48. The molecule has 0 bridgehead atoms. The van der Waals surface area contributed by atoms with Crippen molar-refractivity contribution in [2.24, 2.45) is 0 Å². The minimum Gasteiger partial charge on any atom is -0.480 e. The summed E-state index contributed by atoms with van der Waals surface area (Å²) >= 11 is 2.05. The molecule has 0 aromatic carbocycles. The lowest BCUT2D eigenvalue weighted by Crippen LogP contribution is -2.24. The number of anilines is 2. The summed E-state index contributed by atoms with van der Waals surface area (Å²) in [7, 11) is 1.49. The fraction of sp³-hybridized carbons (Fsp3) is 0.565. The number of H-pyrrole nitrogens is 1. The standard InChI is InChI=1S/C11H14IN5O4.C10H13N5O4.2CH4/c1-20-10-7-8(12)16-17(9(7)14-11(13)15-10)6-2-4(19)5(3-18)21-6;11-10-13-8-4(9(18)14-10)2-12-15(8)7-1-5(17)6(3-16)19-7;;/h4-6,18-19H,2-3H2,1H3,(H2,13,14,15);2,5-7,16-17H,1,3H2,(H3,11,13,14,18);2*1H4. The summed E-state index contributed by atoms with van der Waals surface area (Å²) in [5.41, 5.74) is 11.6. The molecule has 0 aliphatic carbocycles. The van der Waals surface area contributed by atoms with Gasteiger partial charge in [-0.1, -0.05) is 14.9 Å². The molecular weight excluding hydrogens is 671 g/mol. The van der Waals surface area contributed by atoms with E-state index in [1.807, 2.05) is 22.6 Å². The summed E-state index contributed by atoms with van der Waals surface area (Å²) in [4.78, 5) is 26.2. The van der Waals surface area contributed by atoms with Crippen molar-refractivity contribution in [1.82, 2.24) is 39.5 Å². The summed E-state index contributed by atoms with van der Waals surface area (Å²) in [5, 5.41) is 47.1. The molecule has 4 aromatic heterocycles. The highest BCUT2D eigenvalue weighted by Crippen LogP contribution is 2.34. The summed E-state index contributed by atoms with van der Waals surface area (Å²) in [6, 6.07) is 0. The van der Waals surface area contributed by atoms with Crippen LogP contribution in [0.25, 0.3) is 22.1 Å². The lowest BCUT2D eigenvalue weighted by atomic mass is 10.2. The number of aromatic nitrogens is 8. The van der Waals surface area contributed by atoms with E-state index in [0.29, 0.717) is 32.4 Å². The van der Waals surface area contributed by atoms with Crippen LogP contribution in [0.5, 0.6) is 5.88 Å². The molecule has 0 spiro atoms. The van der Waals surface area contributed by atoms with E-state index in [9.17, 15) is 15.0 Å².